The van der Waals surface area contributed by atoms with Crippen LogP contribution in [0, 0.1) is 0 Å². The Hall–Kier alpha value is -0.740. The number of rotatable bonds is 4. The topological polar surface area (TPSA) is 29.5 Å². The van der Waals surface area contributed by atoms with Crippen LogP contribution in [0.5, 0.6) is 5.75 Å². The maximum absolute atomic E-state index is 10.5. The first-order valence-corrected chi connectivity index (χ1v) is 7.63. The highest BCUT2D eigenvalue weighted by Crippen LogP contribution is 2.36. The zero-order valence-corrected chi connectivity index (χ0v) is 13.8. The maximum Gasteiger partial charge on any atom is 0.120 e. The minimum absolute atomic E-state index is 0.363. The van der Waals surface area contributed by atoms with E-state index in [2.05, 4.69) is 15.9 Å². The van der Waals surface area contributed by atoms with E-state index in [1.54, 1.807) is 24.3 Å². The van der Waals surface area contributed by atoms with Gasteiger partial charge in [0.2, 0.25) is 0 Å². The second-order valence-corrected chi connectivity index (χ2v) is 5.80. The average Bonchev–Trinajstić information content (AvgIpc) is 2.42. The predicted octanol–water partition coefficient (Wildman–Crippen LogP) is 5.24. The van der Waals surface area contributed by atoms with E-state index < -0.39 is 6.10 Å². The van der Waals surface area contributed by atoms with Crippen LogP contribution in [0.3, 0.4) is 0 Å². The summed E-state index contributed by atoms with van der Waals surface area (Å²) in [6, 6.07) is 10.6. The molecule has 0 fully saturated rings. The first-order chi connectivity index (χ1) is 9.54. The Labute approximate surface area is 136 Å². The van der Waals surface area contributed by atoms with Gasteiger partial charge in [0.25, 0.3) is 0 Å². The lowest BCUT2D eigenvalue weighted by Gasteiger charge is -2.16. The Bertz CT molecular complexity index is 617. The van der Waals surface area contributed by atoms with Crippen molar-refractivity contribution in [2.24, 2.45) is 0 Å². The van der Waals surface area contributed by atoms with Crippen molar-refractivity contribution in [1.82, 2.24) is 0 Å². The van der Waals surface area contributed by atoms with E-state index in [1.807, 2.05) is 19.1 Å². The molecule has 0 radical (unpaired) electrons. The van der Waals surface area contributed by atoms with Crippen molar-refractivity contribution >= 4 is 39.1 Å². The normalized spacial score (nSPS) is 12.2. The van der Waals surface area contributed by atoms with Gasteiger partial charge < -0.3 is 9.84 Å². The molecule has 2 rings (SSSR count). The van der Waals surface area contributed by atoms with Crippen LogP contribution in [-0.2, 0) is 0 Å². The van der Waals surface area contributed by atoms with Crippen molar-refractivity contribution in [2.75, 3.05) is 6.61 Å². The van der Waals surface area contributed by atoms with Crippen molar-refractivity contribution in [3.63, 3.8) is 0 Å². The molecule has 0 saturated heterocycles. The molecule has 0 amide bonds. The fraction of sp³-hybridized carbons (Fsp3) is 0.200. The molecule has 20 heavy (non-hydrogen) atoms. The number of hydrogen-bond acceptors (Lipinski definition) is 2. The van der Waals surface area contributed by atoms with Crippen molar-refractivity contribution < 1.29 is 9.84 Å². The van der Waals surface area contributed by atoms with E-state index >= 15 is 0 Å². The summed E-state index contributed by atoms with van der Waals surface area (Å²) < 4.78 is 6.17. The van der Waals surface area contributed by atoms with Gasteiger partial charge in [0.1, 0.15) is 11.9 Å². The quantitative estimate of drug-likeness (QED) is 0.792. The molecule has 2 nitrogen and oxygen atoms in total. The highest BCUT2D eigenvalue weighted by Gasteiger charge is 2.18. The zero-order chi connectivity index (χ0) is 14.7. The van der Waals surface area contributed by atoms with Crippen LogP contribution < -0.4 is 4.74 Å². The van der Waals surface area contributed by atoms with Gasteiger partial charge in [0.15, 0.2) is 0 Å². The second-order valence-electron chi connectivity index (χ2n) is 4.16. The summed E-state index contributed by atoms with van der Waals surface area (Å²) in [5.41, 5.74) is 1.28. The lowest BCUT2D eigenvalue weighted by Crippen LogP contribution is -2.02. The number of hydrogen-bond donors (Lipinski definition) is 1. The summed E-state index contributed by atoms with van der Waals surface area (Å²) in [4.78, 5) is 0. The number of aliphatic hydroxyl groups is 1. The summed E-state index contributed by atoms with van der Waals surface area (Å²) in [5, 5.41) is 11.3. The third kappa shape index (κ3) is 3.29. The van der Waals surface area contributed by atoms with Crippen molar-refractivity contribution in [1.29, 1.82) is 0 Å². The van der Waals surface area contributed by atoms with Crippen LogP contribution in [0.25, 0.3) is 0 Å². The molecule has 0 spiro atoms. The minimum Gasteiger partial charge on any atom is -0.494 e. The SMILES string of the molecule is CCOc1ccc(C(O)c2cccc(Cl)c2Cl)c(Br)c1. The van der Waals surface area contributed by atoms with E-state index in [1.165, 1.54) is 0 Å². The van der Waals surface area contributed by atoms with E-state index in [-0.39, 0.29) is 0 Å². The van der Waals surface area contributed by atoms with Crippen molar-refractivity contribution in [3.8, 4) is 5.75 Å². The Balaban J connectivity index is 2.38. The van der Waals surface area contributed by atoms with Gasteiger partial charge in [-0.15, -0.1) is 0 Å². The van der Waals surface area contributed by atoms with Crippen LogP contribution in [0.15, 0.2) is 40.9 Å². The third-order valence-electron chi connectivity index (χ3n) is 2.85. The van der Waals surface area contributed by atoms with Crippen molar-refractivity contribution in [3.05, 3.63) is 62.0 Å². The van der Waals surface area contributed by atoms with E-state index in [0.29, 0.717) is 27.8 Å². The maximum atomic E-state index is 10.5. The highest BCUT2D eigenvalue weighted by molar-refractivity contribution is 9.10. The molecule has 1 N–H and O–H groups in total. The van der Waals surface area contributed by atoms with Crippen LogP contribution >= 0.6 is 39.1 Å². The molecule has 1 unspecified atom stereocenters. The molecule has 5 heteroatoms. The van der Waals surface area contributed by atoms with E-state index in [0.717, 1.165) is 10.2 Å². The molecule has 106 valence electrons. The number of benzene rings is 2. The van der Waals surface area contributed by atoms with Gasteiger partial charge in [-0.2, -0.15) is 0 Å². The molecular weight excluding hydrogens is 363 g/mol. The van der Waals surface area contributed by atoms with Gasteiger partial charge in [0.05, 0.1) is 16.7 Å². The van der Waals surface area contributed by atoms with Crippen LogP contribution in [0.2, 0.25) is 10.0 Å². The first kappa shape index (κ1) is 15.6. The molecule has 0 aromatic heterocycles. The number of aliphatic hydroxyl groups excluding tert-OH is 1. The standard InChI is InChI=1S/C15H13BrCl2O2/c1-2-20-9-6-7-10(12(16)8-9)15(19)11-4-3-5-13(17)14(11)18/h3-8,15,19H,2H2,1H3. The van der Waals surface area contributed by atoms with Gasteiger partial charge in [0, 0.05) is 10.0 Å². The van der Waals surface area contributed by atoms with Crippen LogP contribution in [-0.4, -0.2) is 11.7 Å². The summed E-state index contributed by atoms with van der Waals surface area (Å²) in [7, 11) is 0. The fourth-order valence-electron chi connectivity index (χ4n) is 1.89. The highest BCUT2D eigenvalue weighted by atomic mass is 79.9. The largest absolute Gasteiger partial charge is 0.494 e. The monoisotopic (exact) mass is 374 g/mol. The fourth-order valence-corrected chi connectivity index (χ4v) is 2.87. The predicted molar refractivity (Wildman–Crippen MR) is 85.8 cm³/mol. The lowest BCUT2D eigenvalue weighted by molar-refractivity contribution is 0.219. The Morgan fingerprint density at radius 3 is 2.60 bits per heavy atom. The molecule has 0 aliphatic rings. The van der Waals surface area contributed by atoms with Gasteiger partial charge >= 0.3 is 0 Å². The van der Waals surface area contributed by atoms with Crippen LogP contribution in [0.1, 0.15) is 24.2 Å². The Kier molecular flexibility index (Phi) is 5.33. The van der Waals surface area contributed by atoms with Gasteiger partial charge in [-0.1, -0.05) is 57.3 Å². The minimum atomic E-state index is -0.855. The number of halogens is 3. The Morgan fingerprint density at radius 1 is 1.20 bits per heavy atom. The van der Waals surface area contributed by atoms with E-state index in [9.17, 15) is 5.11 Å². The first-order valence-electron chi connectivity index (χ1n) is 6.08. The summed E-state index contributed by atoms with van der Waals surface area (Å²) >= 11 is 15.6. The van der Waals surface area contributed by atoms with Crippen LogP contribution in [0.4, 0.5) is 0 Å². The summed E-state index contributed by atoms with van der Waals surface area (Å²) in [5.74, 6) is 0.743. The molecule has 0 saturated carbocycles. The smallest absolute Gasteiger partial charge is 0.120 e. The average molecular weight is 376 g/mol. The third-order valence-corrected chi connectivity index (χ3v) is 4.37. The Morgan fingerprint density at radius 2 is 1.95 bits per heavy atom. The van der Waals surface area contributed by atoms with Gasteiger partial charge in [-0.25, -0.2) is 0 Å². The van der Waals surface area contributed by atoms with Gasteiger partial charge in [-0.05, 0) is 30.7 Å². The van der Waals surface area contributed by atoms with Gasteiger partial charge in [-0.3, -0.25) is 0 Å². The second kappa shape index (κ2) is 6.81. The molecule has 0 heterocycles. The molecule has 2 aromatic rings. The molecule has 0 bridgehead atoms. The zero-order valence-electron chi connectivity index (χ0n) is 10.7. The molecular formula is C15H13BrCl2O2. The van der Waals surface area contributed by atoms with E-state index in [4.69, 9.17) is 27.9 Å². The summed E-state index contributed by atoms with van der Waals surface area (Å²) in [6.45, 7) is 2.51. The molecule has 0 aliphatic heterocycles. The lowest BCUT2D eigenvalue weighted by atomic mass is 10.0. The molecule has 0 aliphatic carbocycles. The molecule has 2 aromatic carbocycles. The number of ether oxygens (including phenoxy) is 1. The van der Waals surface area contributed by atoms with Crippen molar-refractivity contribution in [2.45, 2.75) is 13.0 Å². The molecule has 1 atom stereocenters. The summed E-state index contributed by atoms with van der Waals surface area (Å²) in [6.07, 6.45) is -0.855.